The molecule has 1 fully saturated rings. The number of nitrogens with one attached hydrogen (secondary N) is 2. The van der Waals surface area contributed by atoms with Crippen LogP contribution in [0.1, 0.15) is 49.0 Å². The molecule has 2 aromatic rings. The first-order valence-corrected chi connectivity index (χ1v) is 8.31. The van der Waals surface area contributed by atoms with E-state index in [1.807, 2.05) is 16.9 Å². The van der Waals surface area contributed by atoms with Crippen molar-refractivity contribution < 1.29 is 9.59 Å². The van der Waals surface area contributed by atoms with Crippen molar-refractivity contribution in [3.8, 4) is 0 Å². The van der Waals surface area contributed by atoms with Gasteiger partial charge in [-0.15, -0.1) is 0 Å². The highest BCUT2D eigenvalue weighted by atomic mass is 16.2. The van der Waals surface area contributed by atoms with Crippen LogP contribution in [0.4, 0.5) is 10.5 Å². The lowest BCUT2D eigenvalue weighted by atomic mass is 9.90. The standard InChI is InChI=1S/C18H22N4O2/c1-13(23)14-6-4-7-15(12-14)20-18(24)21-16-8-2-3-9-17(16)22-11-5-10-19-22/h4-7,10-12,16-17H,2-3,8-9H2,1H3,(H2,20,21,24). The molecule has 0 spiro atoms. The third-order valence-corrected chi connectivity index (χ3v) is 4.44. The lowest BCUT2D eigenvalue weighted by Crippen LogP contribution is -2.45. The second-order valence-corrected chi connectivity index (χ2v) is 6.18. The third kappa shape index (κ3) is 3.82. The van der Waals surface area contributed by atoms with Crippen molar-refractivity contribution in [2.45, 2.75) is 44.7 Å². The fourth-order valence-electron chi connectivity index (χ4n) is 3.22. The van der Waals surface area contributed by atoms with E-state index in [9.17, 15) is 9.59 Å². The molecule has 0 radical (unpaired) electrons. The van der Waals surface area contributed by atoms with Crippen molar-refractivity contribution in [1.29, 1.82) is 0 Å². The molecule has 2 amide bonds. The molecule has 0 bridgehead atoms. The predicted molar refractivity (Wildman–Crippen MR) is 92.1 cm³/mol. The Bertz CT molecular complexity index is 712. The zero-order valence-corrected chi connectivity index (χ0v) is 13.7. The van der Waals surface area contributed by atoms with Gasteiger partial charge in [0, 0.05) is 23.6 Å². The zero-order chi connectivity index (χ0) is 16.9. The van der Waals surface area contributed by atoms with Gasteiger partial charge in [-0.25, -0.2) is 4.79 Å². The lowest BCUT2D eigenvalue weighted by Gasteiger charge is -2.32. The van der Waals surface area contributed by atoms with Crippen molar-refractivity contribution >= 4 is 17.5 Å². The summed E-state index contributed by atoms with van der Waals surface area (Å²) < 4.78 is 1.93. The van der Waals surface area contributed by atoms with Crippen LogP contribution in [-0.4, -0.2) is 27.6 Å². The molecule has 1 aromatic heterocycles. The van der Waals surface area contributed by atoms with Gasteiger partial charge in [0.2, 0.25) is 0 Å². The Labute approximate surface area is 141 Å². The Balaban J connectivity index is 1.65. The largest absolute Gasteiger partial charge is 0.333 e. The van der Waals surface area contributed by atoms with E-state index in [1.54, 1.807) is 30.5 Å². The van der Waals surface area contributed by atoms with Gasteiger partial charge < -0.3 is 10.6 Å². The van der Waals surface area contributed by atoms with E-state index < -0.39 is 0 Å². The van der Waals surface area contributed by atoms with Gasteiger partial charge in [-0.1, -0.05) is 25.0 Å². The first kappa shape index (κ1) is 16.2. The number of aromatic nitrogens is 2. The summed E-state index contributed by atoms with van der Waals surface area (Å²) in [5.41, 5.74) is 1.20. The van der Waals surface area contributed by atoms with Gasteiger partial charge in [-0.3, -0.25) is 9.48 Å². The van der Waals surface area contributed by atoms with Gasteiger partial charge in [-0.2, -0.15) is 5.10 Å². The highest BCUT2D eigenvalue weighted by Crippen LogP contribution is 2.28. The van der Waals surface area contributed by atoms with Crippen molar-refractivity contribution in [2.75, 3.05) is 5.32 Å². The van der Waals surface area contributed by atoms with E-state index in [4.69, 9.17) is 0 Å². The predicted octanol–water partition coefficient (Wildman–Crippen LogP) is 3.39. The van der Waals surface area contributed by atoms with Crippen molar-refractivity contribution in [2.24, 2.45) is 0 Å². The summed E-state index contributed by atoms with van der Waals surface area (Å²) in [5.74, 6) is -0.0231. The molecule has 1 aliphatic carbocycles. The van der Waals surface area contributed by atoms with Gasteiger partial charge in [0.1, 0.15) is 0 Å². The Morgan fingerprint density at radius 3 is 2.79 bits per heavy atom. The van der Waals surface area contributed by atoms with E-state index in [-0.39, 0.29) is 23.9 Å². The molecule has 0 aliphatic heterocycles. The number of nitrogens with zero attached hydrogens (tertiary/aromatic N) is 2. The molecule has 2 N–H and O–H groups in total. The van der Waals surface area contributed by atoms with Crippen LogP contribution < -0.4 is 10.6 Å². The van der Waals surface area contributed by atoms with Gasteiger partial charge in [0.05, 0.1) is 12.1 Å². The molecule has 126 valence electrons. The van der Waals surface area contributed by atoms with E-state index in [0.29, 0.717) is 11.3 Å². The monoisotopic (exact) mass is 326 g/mol. The van der Waals surface area contributed by atoms with Crippen LogP contribution in [0.5, 0.6) is 0 Å². The maximum absolute atomic E-state index is 12.3. The van der Waals surface area contributed by atoms with Gasteiger partial charge >= 0.3 is 6.03 Å². The fourth-order valence-corrected chi connectivity index (χ4v) is 3.22. The maximum Gasteiger partial charge on any atom is 0.319 e. The van der Waals surface area contributed by atoms with E-state index in [1.165, 1.54) is 6.92 Å². The summed E-state index contributed by atoms with van der Waals surface area (Å²) in [6.45, 7) is 1.51. The van der Waals surface area contributed by atoms with Crippen molar-refractivity contribution in [1.82, 2.24) is 15.1 Å². The number of anilines is 1. The normalized spacial score (nSPS) is 20.4. The number of hydrogen-bond donors (Lipinski definition) is 2. The molecule has 3 rings (SSSR count). The summed E-state index contributed by atoms with van der Waals surface area (Å²) in [7, 11) is 0. The number of amides is 2. The SMILES string of the molecule is CC(=O)c1cccc(NC(=O)NC2CCCCC2n2cccn2)c1. The number of rotatable bonds is 4. The number of urea groups is 1. The second kappa shape index (κ2) is 7.29. The minimum Gasteiger partial charge on any atom is -0.333 e. The highest BCUT2D eigenvalue weighted by Gasteiger charge is 2.28. The van der Waals surface area contributed by atoms with E-state index in [2.05, 4.69) is 15.7 Å². The highest BCUT2D eigenvalue weighted by molar-refractivity contribution is 5.96. The van der Waals surface area contributed by atoms with Gasteiger partial charge in [-0.05, 0) is 38.0 Å². The molecular weight excluding hydrogens is 304 g/mol. The van der Waals surface area contributed by atoms with Gasteiger partial charge in [0.15, 0.2) is 5.78 Å². The minimum absolute atomic E-state index is 0.0231. The maximum atomic E-state index is 12.3. The number of hydrogen-bond acceptors (Lipinski definition) is 3. The third-order valence-electron chi connectivity index (χ3n) is 4.44. The minimum atomic E-state index is -0.250. The van der Waals surface area contributed by atoms with Crippen LogP contribution in [0.15, 0.2) is 42.7 Å². The Kier molecular flexibility index (Phi) is 4.93. The molecule has 1 heterocycles. The topological polar surface area (TPSA) is 76.0 Å². The fraction of sp³-hybridized carbons (Fsp3) is 0.389. The molecule has 2 atom stereocenters. The van der Waals surface area contributed by atoms with E-state index in [0.717, 1.165) is 25.7 Å². The Morgan fingerprint density at radius 2 is 2.04 bits per heavy atom. The van der Waals surface area contributed by atoms with Crippen LogP contribution in [-0.2, 0) is 0 Å². The summed E-state index contributed by atoms with van der Waals surface area (Å²) >= 11 is 0. The van der Waals surface area contributed by atoms with Gasteiger partial charge in [0.25, 0.3) is 0 Å². The van der Waals surface area contributed by atoms with E-state index >= 15 is 0 Å². The average molecular weight is 326 g/mol. The van der Waals surface area contributed by atoms with Crippen LogP contribution in [0.3, 0.4) is 0 Å². The van der Waals surface area contributed by atoms with Crippen LogP contribution in [0.2, 0.25) is 0 Å². The zero-order valence-electron chi connectivity index (χ0n) is 13.7. The quantitative estimate of drug-likeness (QED) is 0.846. The summed E-state index contributed by atoms with van der Waals surface area (Å²) in [4.78, 5) is 23.8. The first-order chi connectivity index (χ1) is 11.6. The number of Topliss-reactive ketones (excluding diaryl/α,β-unsaturated/α-hetero) is 1. The van der Waals surface area contributed by atoms with Crippen LogP contribution in [0, 0.1) is 0 Å². The van der Waals surface area contributed by atoms with Crippen LogP contribution >= 0.6 is 0 Å². The average Bonchev–Trinajstić information content (AvgIpc) is 3.10. The molecule has 0 saturated heterocycles. The number of benzene rings is 1. The molecule has 2 unspecified atom stereocenters. The second-order valence-electron chi connectivity index (χ2n) is 6.18. The van der Waals surface area contributed by atoms with Crippen molar-refractivity contribution in [3.05, 3.63) is 48.3 Å². The Morgan fingerprint density at radius 1 is 1.21 bits per heavy atom. The van der Waals surface area contributed by atoms with Crippen LogP contribution in [0.25, 0.3) is 0 Å². The molecular formula is C18H22N4O2. The summed E-state index contributed by atoms with van der Waals surface area (Å²) in [5, 5.41) is 10.2. The molecule has 1 aromatic carbocycles. The molecule has 6 heteroatoms. The number of ketones is 1. The Hall–Kier alpha value is -2.63. The summed E-state index contributed by atoms with van der Waals surface area (Å²) in [6, 6.07) is 8.85. The van der Waals surface area contributed by atoms with Crippen molar-refractivity contribution in [3.63, 3.8) is 0 Å². The number of carbonyl (C=O) groups excluding carboxylic acids is 2. The molecule has 6 nitrogen and oxygen atoms in total. The molecule has 1 aliphatic rings. The molecule has 24 heavy (non-hydrogen) atoms. The summed E-state index contributed by atoms with van der Waals surface area (Å²) in [6.07, 6.45) is 7.89. The smallest absolute Gasteiger partial charge is 0.319 e. The molecule has 1 saturated carbocycles. The lowest BCUT2D eigenvalue weighted by molar-refractivity contribution is 0.101. The number of carbonyl (C=O) groups is 2. The first-order valence-electron chi connectivity index (χ1n) is 8.31.